The van der Waals surface area contributed by atoms with Crippen molar-refractivity contribution < 1.29 is 10.9 Å². The lowest BCUT2D eigenvalue weighted by Crippen LogP contribution is -2.24. The van der Waals surface area contributed by atoms with Gasteiger partial charge in [0.25, 0.3) is 0 Å². The third kappa shape index (κ3) is 2.32. The molecule has 0 amide bonds. The Morgan fingerprint density at radius 1 is 1.07 bits per heavy atom. The first kappa shape index (κ1) is 12.1. The molecule has 3 nitrogen and oxygen atoms in total. The molecule has 78 valence electrons. The van der Waals surface area contributed by atoms with Crippen molar-refractivity contribution in [3.05, 3.63) is 29.8 Å². The van der Waals surface area contributed by atoms with Gasteiger partial charge in [-0.2, -0.15) is 8.42 Å². The fraction of sp³-hybridized carbons (Fsp3) is 0.143. The molecule has 7 heteroatoms. The van der Waals surface area contributed by atoms with Crippen LogP contribution in [0.15, 0.2) is 29.2 Å². The second kappa shape index (κ2) is 3.87. The summed E-state index contributed by atoms with van der Waals surface area (Å²) in [6.45, 7) is 1.83. The van der Waals surface area contributed by atoms with Crippen LogP contribution in [0, 0.1) is 6.92 Å². The first-order valence-corrected chi connectivity index (χ1v) is 6.00. The molecule has 0 fully saturated rings. The third-order valence-corrected chi connectivity index (χ3v) is 4.64. The molecular formula is C7H7Cl3NO2S+. The van der Waals surface area contributed by atoms with Gasteiger partial charge in [0.2, 0.25) is 35.3 Å². The van der Waals surface area contributed by atoms with Crippen LogP contribution in [0.1, 0.15) is 5.56 Å². The molecule has 0 aliphatic carbocycles. The zero-order chi connectivity index (χ0) is 11.0. The minimum absolute atomic E-state index is 0.0249. The number of rotatable bonds is 2. The molecule has 0 aliphatic rings. The van der Waals surface area contributed by atoms with Gasteiger partial charge in [-0.25, -0.2) is 0 Å². The summed E-state index contributed by atoms with van der Waals surface area (Å²) < 4.78 is 21.4. The van der Waals surface area contributed by atoms with Gasteiger partial charge in [0.1, 0.15) is 4.90 Å². The number of aryl methyl sites for hydroxylation is 1. The Hall–Kier alpha value is -0.000000000000000167. The molecule has 14 heavy (non-hydrogen) atoms. The molecule has 1 aromatic carbocycles. The Morgan fingerprint density at radius 2 is 1.50 bits per heavy atom. The largest absolute Gasteiger partial charge is 0.378 e. The van der Waals surface area contributed by atoms with Crippen molar-refractivity contribution in [1.29, 1.82) is 0 Å². The lowest BCUT2D eigenvalue weighted by atomic mass is 10.2. The number of hydrogen-bond donors (Lipinski definition) is 0. The number of sulfonamides is 1. The summed E-state index contributed by atoms with van der Waals surface area (Å²) in [5.41, 5.74) is 0.931. The molecule has 0 bridgehead atoms. The second-order valence-corrected chi connectivity index (χ2v) is 7.30. The third-order valence-electron chi connectivity index (χ3n) is 1.59. The topological polar surface area (TPSA) is 34.1 Å². The van der Waals surface area contributed by atoms with E-state index in [1.54, 1.807) is 12.1 Å². The van der Waals surface area contributed by atoms with Gasteiger partial charge in [0.05, 0.1) is 2.45 Å². The molecule has 0 saturated carbocycles. The molecule has 0 radical (unpaired) electrons. The average Bonchev–Trinajstić information content (AvgIpc) is 2.03. The van der Waals surface area contributed by atoms with E-state index in [9.17, 15) is 8.42 Å². The minimum atomic E-state index is -3.96. The number of hydrogen-bond acceptors (Lipinski definition) is 2. The predicted molar refractivity (Wildman–Crippen MR) is 56.2 cm³/mol. The van der Waals surface area contributed by atoms with Crippen molar-refractivity contribution in [2.45, 2.75) is 11.8 Å². The van der Waals surface area contributed by atoms with E-state index in [-0.39, 0.29) is 4.90 Å². The maximum atomic E-state index is 11.5. The van der Waals surface area contributed by atoms with Gasteiger partial charge in [-0.15, -0.1) is 0 Å². The highest BCUT2D eigenvalue weighted by Gasteiger charge is 2.42. The van der Waals surface area contributed by atoms with E-state index in [4.69, 9.17) is 35.3 Å². The number of benzene rings is 1. The fourth-order valence-corrected chi connectivity index (χ4v) is 2.27. The standard InChI is InChI=1S/C7H7Cl3NO2S/c1-6-2-4-7(5-3-6)14(12,13)11(8,9)10/h2-5H,1H3/q+1. The number of nitrogens with zero attached hydrogens (tertiary/aromatic N) is 1. The summed E-state index contributed by atoms with van der Waals surface area (Å²) in [4.78, 5) is -0.0249. The van der Waals surface area contributed by atoms with Gasteiger partial charge in [-0.1, -0.05) is 17.7 Å². The molecule has 0 spiro atoms. The number of quaternary nitrogens is 1. The average molecular weight is 276 g/mol. The van der Waals surface area contributed by atoms with Crippen LogP contribution >= 0.6 is 35.3 Å². The van der Waals surface area contributed by atoms with Gasteiger partial charge in [0, 0.05) is 0 Å². The Kier molecular flexibility index (Phi) is 3.33. The molecule has 0 N–H and O–H groups in total. The van der Waals surface area contributed by atoms with Crippen molar-refractivity contribution in [3.8, 4) is 0 Å². The SMILES string of the molecule is Cc1ccc(S(=O)(=O)[N+](Cl)(Cl)Cl)cc1. The zero-order valence-electron chi connectivity index (χ0n) is 7.12. The smallest absolute Gasteiger partial charge is 0.164 e. The van der Waals surface area contributed by atoms with E-state index in [0.29, 0.717) is 0 Å². The van der Waals surface area contributed by atoms with Crippen LogP contribution in [-0.2, 0) is 10.0 Å². The van der Waals surface area contributed by atoms with Crippen molar-refractivity contribution in [1.82, 2.24) is 0 Å². The lowest BCUT2D eigenvalue weighted by molar-refractivity contribution is -0.375. The van der Waals surface area contributed by atoms with Crippen LogP contribution in [0.4, 0.5) is 0 Å². The summed E-state index contributed by atoms with van der Waals surface area (Å²) in [5, 5.41) is 0. The molecular weight excluding hydrogens is 269 g/mol. The summed E-state index contributed by atoms with van der Waals surface area (Å²) >= 11 is 15.8. The molecule has 0 aromatic heterocycles. The van der Waals surface area contributed by atoms with E-state index in [2.05, 4.69) is 0 Å². The summed E-state index contributed by atoms with van der Waals surface area (Å²) in [6, 6.07) is 6.05. The first-order valence-electron chi connectivity index (χ1n) is 3.55. The lowest BCUT2D eigenvalue weighted by Gasteiger charge is -2.08. The monoisotopic (exact) mass is 274 g/mol. The summed E-state index contributed by atoms with van der Waals surface area (Å²) in [5.74, 6) is 0. The maximum absolute atomic E-state index is 11.5. The van der Waals surface area contributed by atoms with E-state index >= 15 is 0 Å². The number of halogens is 3. The molecule has 1 rings (SSSR count). The van der Waals surface area contributed by atoms with Gasteiger partial charge >= 0.3 is 10.0 Å². The van der Waals surface area contributed by atoms with Crippen LogP contribution in [0.3, 0.4) is 0 Å². The normalized spacial score (nSPS) is 12.9. The Labute approximate surface area is 97.8 Å². The Balaban J connectivity index is 3.25. The Morgan fingerprint density at radius 3 is 1.86 bits per heavy atom. The van der Waals surface area contributed by atoms with Crippen molar-refractivity contribution in [3.63, 3.8) is 0 Å². The van der Waals surface area contributed by atoms with Crippen molar-refractivity contribution >= 4 is 45.4 Å². The van der Waals surface area contributed by atoms with Gasteiger partial charge in [-0.3, -0.25) is 0 Å². The van der Waals surface area contributed by atoms with Crippen LogP contribution < -0.4 is 0 Å². The molecule has 0 saturated heterocycles. The first-order chi connectivity index (χ1) is 6.25. The van der Waals surface area contributed by atoms with Crippen LogP contribution in [0.2, 0.25) is 0 Å². The van der Waals surface area contributed by atoms with Crippen LogP contribution in [-0.4, -0.2) is 10.9 Å². The minimum Gasteiger partial charge on any atom is -0.164 e. The highest BCUT2D eigenvalue weighted by molar-refractivity contribution is 7.87. The quantitative estimate of drug-likeness (QED) is 0.778. The highest BCUT2D eigenvalue weighted by Crippen LogP contribution is 2.33. The molecule has 0 atom stereocenters. The van der Waals surface area contributed by atoms with E-state index < -0.39 is 12.5 Å². The van der Waals surface area contributed by atoms with Crippen molar-refractivity contribution in [2.24, 2.45) is 0 Å². The second-order valence-electron chi connectivity index (χ2n) is 2.69. The van der Waals surface area contributed by atoms with Crippen molar-refractivity contribution in [2.75, 3.05) is 0 Å². The summed E-state index contributed by atoms with van der Waals surface area (Å²) in [7, 11) is -3.96. The Bertz CT molecular complexity index is 421. The predicted octanol–water partition coefficient (Wildman–Crippen LogP) is 2.96. The maximum Gasteiger partial charge on any atom is 0.378 e. The van der Waals surface area contributed by atoms with Crippen LogP contribution in [0.5, 0.6) is 0 Å². The highest BCUT2D eigenvalue weighted by atomic mass is 35.6. The van der Waals surface area contributed by atoms with E-state index in [0.717, 1.165) is 5.56 Å². The molecule has 0 heterocycles. The molecule has 1 aromatic rings. The van der Waals surface area contributed by atoms with Gasteiger partial charge < -0.3 is 0 Å². The molecule has 0 unspecified atom stereocenters. The van der Waals surface area contributed by atoms with Crippen LogP contribution in [0.25, 0.3) is 0 Å². The van der Waals surface area contributed by atoms with E-state index in [1.807, 2.05) is 6.92 Å². The van der Waals surface area contributed by atoms with Gasteiger partial charge in [-0.05, 0) is 19.1 Å². The zero-order valence-corrected chi connectivity index (χ0v) is 10.2. The summed E-state index contributed by atoms with van der Waals surface area (Å²) in [6.07, 6.45) is 0. The molecule has 0 aliphatic heterocycles. The van der Waals surface area contributed by atoms with E-state index in [1.165, 1.54) is 12.1 Å². The fourth-order valence-electron chi connectivity index (χ4n) is 0.830. The van der Waals surface area contributed by atoms with Gasteiger partial charge in [0.15, 0.2) is 0 Å².